The maximum atomic E-state index is 12.4. The molecule has 0 bridgehead atoms. The van der Waals surface area contributed by atoms with Crippen molar-refractivity contribution in [2.75, 3.05) is 11.1 Å². The topological polar surface area (TPSA) is 55.1 Å². The number of benzene rings is 2. The van der Waals surface area contributed by atoms with Gasteiger partial charge in [0.15, 0.2) is 0 Å². The van der Waals surface area contributed by atoms with E-state index in [1.165, 1.54) is 11.1 Å². The predicted octanol–water partition coefficient (Wildman–Crippen LogP) is 2.93. The molecule has 1 amide bonds. The number of aryl methyl sites for hydroxylation is 1. The summed E-state index contributed by atoms with van der Waals surface area (Å²) in [5, 5.41) is 2.99. The Hall–Kier alpha value is -2.29. The van der Waals surface area contributed by atoms with Gasteiger partial charge in [-0.1, -0.05) is 36.4 Å². The molecule has 0 fully saturated rings. The van der Waals surface area contributed by atoms with E-state index in [9.17, 15) is 4.79 Å². The molecular weight excluding hydrogens is 248 g/mol. The molecule has 3 nitrogen and oxygen atoms in total. The number of fused-ring (bicyclic) bond motifs is 1. The normalized spacial score (nSPS) is 14.1. The van der Waals surface area contributed by atoms with Crippen LogP contribution in [0, 0.1) is 12.8 Å². The van der Waals surface area contributed by atoms with Gasteiger partial charge in [-0.25, -0.2) is 0 Å². The van der Waals surface area contributed by atoms with Crippen molar-refractivity contribution in [3.63, 3.8) is 0 Å². The van der Waals surface area contributed by atoms with Crippen LogP contribution in [0.15, 0.2) is 42.5 Å². The molecular formula is C17H18N2O. The fourth-order valence-electron chi connectivity index (χ4n) is 2.83. The molecule has 0 atom stereocenters. The lowest BCUT2D eigenvalue weighted by Crippen LogP contribution is -2.24. The average molecular weight is 266 g/mol. The van der Waals surface area contributed by atoms with E-state index in [1.807, 2.05) is 37.3 Å². The van der Waals surface area contributed by atoms with Crippen molar-refractivity contribution in [2.24, 2.45) is 5.92 Å². The summed E-state index contributed by atoms with van der Waals surface area (Å²) in [5.74, 6) is 0.0635. The number of nitrogen functional groups attached to an aromatic ring is 1. The third-order valence-corrected chi connectivity index (χ3v) is 3.98. The lowest BCUT2D eigenvalue weighted by molar-refractivity contribution is -0.119. The molecule has 0 radical (unpaired) electrons. The summed E-state index contributed by atoms with van der Waals surface area (Å²) >= 11 is 0. The highest BCUT2D eigenvalue weighted by Crippen LogP contribution is 2.29. The molecule has 2 aromatic carbocycles. The molecule has 102 valence electrons. The van der Waals surface area contributed by atoms with Crippen molar-refractivity contribution in [1.82, 2.24) is 0 Å². The van der Waals surface area contributed by atoms with Crippen molar-refractivity contribution >= 4 is 17.3 Å². The fraction of sp³-hybridized carbons (Fsp3) is 0.235. The van der Waals surface area contributed by atoms with Crippen LogP contribution in [-0.2, 0) is 17.6 Å². The van der Waals surface area contributed by atoms with E-state index in [4.69, 9.17) is 5.73 Å². The monoisotopic (exact) mass is 266 g/mol. The smallest absolute Gasteiger partial charge is 0.228 e. The van der Waals surface area contributed by atoms with E-state index in [-0.39, 0.29) is 11.8 Å². The molecule has 3 N–H and O–H groups in total. The number of amides is 1. The number of hydrogen-bond donors (Lipinski definition) is 2. The number of carbonyl (C=O) groups excluding carboxylic acids is 1. The Bertz CT molecular complexity index is 619. The number of nitrogens with two attached hydrogens (primary N) is 1. The van der Waals surface area contributed by atoms with Crippen LogP contribution < -0.4 is 11.1 Å². The molecule has 0 saturated heterocycles. The third-order valence-electron chi connectivity index (χ3n) is 3.98. The van der Waals surface area contributed by atoms with Gasteiger partial charge in [0.25, 0.3) is 0 Å². The Morgan fingerprint density at radius 3 is 2.35 bits per heavy atom. The average Bonchev–Trinajstić information content (AvgIpc) is 2.87. The number of anilines is 2. The highest BCUT2D eigenvalue weighted by molar-refractivity contribution is 5.97. The van der Waals surface area contributed by atoms with Crippen LogP contribution >= 0.6 is 0 Å². The quantitative estimate of drug-likeness (QED) is 0.821. The molecule has 3 heteroatoms. The summed E-state index contributed by atoms with van der Waals surface area (Å²) in [6.45, 7) is 1.95. The Balaban J connectivity index is 1.76. The number of carbonyl (C=O) groups is 1. The zero-order valence-corrected chi connectivity index (χ0v) is 11.5. The summed E-state index contributed by atoms with van der Waals surface area (Å²) in [6.07, 6.45) is 1.63. The molecule has 20 heavy (non-hydrogen) atoms. The van der Waals surface area contributed by atoms with Gasteiger partial charge in [-0.2, -0.15) is 0 Å². The molecule has 0 aromatic heterocycles. The fourth-order valence-corrected chi connectivity index (χ4v) is 2.83. The molecule has 0 spiro atoms. The summed E-state index contributed by atoms with van der Waals surface area (Å²) in [4.78, 5) is 12.4. The first-order valence-corrected chi connectivity index (χ1v) is 6.88. The van der Waals surface area contributed by atoms with Crippen LogP contribution in [0.3, 0.4) is 0 Å². The minimum absolute atomic E-state index is 0.00593. The van der Waals surface area contributed by atoms with Gasteiger partial charge in [-0.3, -0.25) is 4.79 Å². The first-order chi connectivity index (χ1) is 9.65. The van der Waals surface area contributed by atoms with Crippen LogP contribution in [0.2, 0.25) is 0 Å². The van der Waals surface area contributed by atoms with E-state index in [1.54, 1.807) is 0 Å². The maximum absolute atomic E-state index is 12.4. The Labute approximate surface area is 118 Å². The van der Waals surface area contributed by atoms with Gasteiger partial charge in [0, 0.05) is 5.92 Å². The molecule has 1 aliphatic carbocycles. The molecule has 0 heterocycles. The molecule has 0 aliphatic heterocycles. The molecule has 2 aromatic rings. The first kappa shape index (κ1) is 12.7. The van der Waals surface area contributed by atoms with Crippen LogP contribution in [0.25, 0.3) is 0 Å². The summed E-state index contributed by atoms with van der Waals surface area (Å²) < 4.78 is 0. The van der Waals surface area contributed by atoms with E-state index >= 15 is 0 Å². The zero-order chi connectivity index (χ0) is 14.1. The lowest BCUT2D eigenvalue weighted by Gasteiger charge is -2.14. The number of nitrogens with one attached hydrogen (secondary N) is 1. The highest BCUT2D eigenvalue weighted by atomic mass is 16.1. The van der Waals surface area contributed by atoms with E-state index in [0.717, 1.165) is 24.1 Å². The van der Waals surface area contributed by atoms with E-state index in [2.05, 4.69) is 17.4 Å². The number of para-hydroxylation sites is 1. The van der Waals surface area contributed by atoms with Gasteiger partial charge in [-0.15, -0.1) is 0 Å². The third kappa shape index (κ3) is 2.27. The van der Waals surface area contributed by atoms with Crippen molar-refractivity contribution < 1.29 is 4.79 Å². The van der Waals surface area contributed by atoms with E-state index in [0.29, 0.717) is 5.69 Å². The second kappa shape index (κ2) is 5.00. The Morgan fingerprint density at radius 1 is 1.10 bits per heavy atom. The van der Waals surface area contributed by atoms with Gasteiger partial charge >= 0.3 is 0 Å². The van der Waals surface area contributed by atoms with E-state index < -0.39 is 0 Å². The zero-order valence-electron chi connectivity index (χ0n) is 11.5. The second-order valence-electron chi connectivity index (χ2n) is 5.40. The van der Waals surface area contributed by atoms with Crippen molar-refractivity contribution in [3.05, 3.63) is 59.2 Å². The molecule has 0 unspecified atom stereocenters. The Morgan fingerprint density at radius 2 is 1.75 bits per heavy atom. The maximum Gasteiger partial charge on any atom is 0.228 e. The SMILES string of the molecule is Cc1cccc(N)c1NC(=O)C1Cc2ccccc2C1. The van der Waals surface area contributed by atoms with Gasteiger partial charge in [0.1, 0.15) is 0 Å². The summed E-state index contributed by atoms with van der Waals surface area (Å²) in [6, 6.07) is 13.9. The predicted molar refractivity (Wildman–Crippen MR) is 81.6 cm³/mol. The second-order valence-corrected chi connectivity index (χ2v) is 5.40. The van der Waals surface area contributed by atoms with Crippen molar-refractivity contribution in [3.8, 4) is 0 Å². The van der Waals surface area contributed by atoms with Crippen LogP contribution in [0.5, 0.6) is 0 Å². The molecule has 3 rings (SSSR count). The number of rotatable bonds is 2. The molecule has 0 saturated carbocycles. The van der Waals surface area contributed by atoms with Gasteiger partial charge in [0.2, 0.25) is 5.91 Å². The Kier molecular flexibility index (Phi) is 3.18. The minimum atomic E-state index is 0.00593. The van der Waals surface area contributed by atoms with Crippen LogP contribution in [0.1, 0.15) is 16.7 Å². The van der Waals surface area contributed by atoms with Crippen LogP contribution in [0.4, 0.5) is 11.4 Å². The van der Waals surface area contributed by atoms with Gasteiger partial charge in [-0.05, 0) is 42.5 Å². The van der Waals surface area contributed by atoms with Crippen molar-refractivity contribution in [2.45, 2.75) is 19.8 Å². The largest absolute Gasteiger partial charge is 0.397 e. The molecule has 1 aliphatic rings. The lowest BCUT2D eigenvalue weighted by atomic mass is 10.0. The van der Waals surface area contributed by atoms with Crippen molar-refractivity contribution in [1.29, 1.82) is 0 Å². The highest BCUT2D eigenvalue weighted by Gasteiger charge is 2.27. The first-order valence-electron chi connectivity index (χ1n) is 6.88. The van der Waals surface area contributed by atoms with Gasteiger partial charge < -0.3 is 11.1 Å². The summed E-state index contributed by atoms with van der Waals surface area (Å²) in [7, 11) is 0. The van der Waals surface area contributed by atoms with Gasteiger partial charge in [0.05, 0.1) is 11.4 Å². The number of hydrogen-bond acceptors (Lipinski definition) is 2. The van der Waals surface area contributed by atoms with Crippen LogP contribution in [-0.4, -0.2) is 5.91 Å². The summed E-state index contributed by atoms with van der Waals surface area (Å²) in [5.41, 5.74) is 10.9. The minimum Gasteiger partial charge on any atom is -0.397 e. The standard InChI is InChI=1S/C17H18N2O/c1-11-5-4-8-15(18)16(11)19-17(20)14-9-12-6-2-3-7-13(12)10-14/h2-8,14H,9-10,18H2,1H3,(H,19,20).